The number of fused-ring (bicyclic) bond motifs is 1. The highest BCUT2D eigenvalue weighted by Gasteiger charge is 2.19. The lowest BCUT2D eigenvalue weighted by Crippen LogP contribution is -2.31. The predicted octanol–water partition coefficient (Wildman–Crippen LogP) is 4.67. The van der Waals surface area contributed by atoms with E-state index in [4.69, 9.17) is 4.74 Å². The van der Waals surface area contributed by atoms with E-state index in [1.54, 1.807) is 0 Å². The Morgan fingerprint density at radius 3 is 2.67 bits per heavy atom. The van der Waals surface area contributed by atoms with E-state index in [-0.39, 0.29) is 18.6 Å². The van der Waals surface area contributed by atoms with Crippen molar-refractivity contribution in [3.05, 3.63) is 56.3 Å². The molecule has 1 atom stereocenters. The lowest BCUT2D eigenvalue weighted by Gasteiger charge is -2.15. The molecule has 0 fully saturated rings. The zero-order chi connectivity index (χ0) is 19.4. The monoisotopic (exact) mass is 385 g/mol. The van der Waals surface area contributed by atoms with Crippen molar-refractivity contribution in [2.24, 2.45) is 0 Å². The zero-order valence-electron chi connectivity index (χ0n) is 16.3. The number of thiophene rings is 1. The molecule has 2 aromatic rings. The van der Waals surface area contributed by atoms with E-state index >= 15 is 0 Å². The smallest absolute Gasteiger partial charge is 0.348 e. The van der Waals surface area contributed by atoms with Crippen LogP contribution >= 0.6 is 11.3 Å². The summed E-state index contributed by atoms with van der Waals surface area (Å²) in [4.78, 5) is 26.4. The Labute approximate surface area is 164 Å². The number of esters is 1. The van der Waals surface area contributed by atoms with Gasteiger partial charge in [0.25, 0.3) is 5.91 Å². The molecule has 0 spiro atoms. The molecule has 1 aliphatic carbocycles. The average Bonchev–Trinajstić information content (AvgIpc) is 2.92. The summed E-state index contributed by atoms with van der Waals surface area (Å²) in [7, 11) is 0. The second kappa shape index (κ2) is 8.70. The summed E-state index contributed by atoms with van der Waals surface area (Å²) in [5, 5.41) is 2.89. The van der Waals surface area contributed by atoms with E-state index in [1.165, 1.54) is 52.2 Å². The van der Waals surface area contributed by atoms with Gasteiger partial charge < -0.3 is 10.1 Å². The Bertz CT molecular complexity index is 817. The fraction of sp³-hybridized carbons (Fsp3) is 0.455. The Balaban J connectivity index is 1.52. The summed E-state index contributed by atoms with van der Waals surface area (Å²) in [6, 6.07) is 7.95. The molecule has 0 saturated carbocycles. The van der Waals surface area contributed by atoms with Crippen molar-refractivity contribution in [2.45, 2.75) is 58.9 Å². The van der Waals surface area contributed by atoms with Crippen molar-refractivity contribution < 1.29 is 14.3 Å². The molecule has 0 unspecified atom stereocenters. The van der Waals surface area contributed by atoms with E-state index in [2.05, 4.69) is 25.2 Å². The van der Waals surface area contributed by atoms with Gasteiger partial charge in [0, 0.05) is 4.88 Å². The van der Waals surface area contributed by atoms with Gasteiger partial charge in [-0.05, 0) is 74.8 Å². The molecule has 0 radical (unpaired) electrons. The summed E-state index contributed by atoms with van der Waals surface area (Å²) < 4.78 is 5.24. The molecule has 1 aromatic carbocycles. The van der Waals surface area contributed by atoms with Crippen LogP contribution in [-0.2, 0) is 22.4 Å². The highest BCUT2D eigenvalue weighted by molar-refractivity contribution is 7.14. The highest BCUT2D eigenvalue weighted by atomic mass is 32.1. The molecule has 1 N–H and O–H groups in total. The number of hydrogen-bond donors (Lipinski definition) is 1. The van der Waals surface area contributed by atoms with Crippen LogP contribution in [0.5, 0.6) is 0 Å². The first-order valence-corrected chi connectivity index (χ1v) is 10.4. The summed E-state index contributed by atoms with van der Waals surface area (Å²) in [6.07, 6.45) is 5.69. The fourth-order valence-electron chi connectivity index (χ4n) is 3.37. The molecule has 1 aliphatic rings. The van der Waals surface area contributed by atoms with Crippen LogP contribution in [0.3, 0.4) is 0 Å². The molecule has 0 bridgehead atoms. The Kier molecular flexibility index (Phi) is 6.32. The van der Waals surface area contributed by atoms with Crippen LogP contribution in [0, 0.1) is 13.8 Å². The van der Waals surface area contributed by atoms with Gasteiger partial charge in [-0.1, -0.05) is 24.6 Å². The largest absolute Gasteiger partial charge is 0.451 e. The van der Waals surface area contributed by atoms with Crippen LogP contribution in [0.2, 0.25) is 0 Å². The number of rotatable bonds is 5. The minimum Gasteiger partial charge on any atom is -0.451 e. The third-order valence-corrected chi connectivity index (χ3v) is 6.41. The number of hydrogen-bond acceptors (Lipinski definition) is 4. The highest BCUT2D eigenvalue weighted by Crippen LogP contribution is 2.29. The first-order chi connectivity index (χ1) is 12.9. The Morgan fingerprint density at radius 2 is 1.89 bits per heavy atom. The lowest BCUT2D eigenvalue weighted by molar-refractivity contribution is -0.124. The number of aryl methyl sites for hydroxylation is 4. The average molecular weight is 386 g/mol. The SMILES string of the molecule is Cc1ccc([C@H](C)NC(=O)COC(=O)c2cc3c(s2)CCCCC3)cc1C. The maximum Gasteiger partial charge on any atom is 0.348 e. The van der Waals surface area contributed by atoms with Gasteiger partial charge in [0.2, 0.25) is 0 Å². The number of amides is 1. The van der Waals surface area contributed by atoms with Gasteiger partial charge in [0.15, 0.2) is 6.61 Å². The van der Waals surface area contributed by atoms with E-state index in [0.29, 0.717) is 4.88 Å². The summed E-state index contributed by atoms with van der Waals surface area (Å²) >= 11 is 1.52. The number of benzene rings is 1. The van der Waals surface area contributed by atoms with E-state index < -0.39 is 5.97 Å². The van der Waals surface area contributed by atoms with Crippen LogP contribution in [0.15, 0.2) is 24.3 Å². The summed E-state index contributed by atoms with van der Waals surface area (Å²) in [6.45, 7) is 5.79. The second-order valence-corrected chi connectivity index (χ2v) is 8.47. The van der Waals surface area contributed by atoms with Crippen molar-refractivity contribution in [3.8, 4) is 0 Å². The molecule has 1 aromatic heterocycles. The standard InChI is InChI=1S/C22H27NO3S/c1-14-9-10-17(11-15(14)2)16(3)23-21(24)13-26-22(25)20-12-18-7-5-4-6-8-19(18)27-20/h9-12,16H,4-8,13H2,1-3H3,(H,23,24)/t16-/m0/s1. The first kappa shape index (κ1) is 19.6. The van der Waals surface area contributed by atoms with Gasteiger partial charge in [-0.2, -0.15) is 0 Å². The molecule has 0 saturated heterocycles. The van der Waals surface area contributed by atoms with Crippen molar-refractivity contribution in [1.29, 1.82) is 0 Å². The first-order valence-electron chi connectivity index (χ1n) is 9.59. The third-order valence-electron chi connectivity index (χ3n) is 5.19. The predicted molar refractivity (Wildman–Crippen MR) is 108 cm³/mol. The number of nitrogens with one attached hydrogen (secondary N) is 1. The van der Waals surface area contributed by atoms with Crippen LogP contribution in [0.4, 0.5) is 0 Å². The van der Waals surface area contributed by atoms with Gasteiger partial charge in [0.1, 0.15) is 4.88 Å². The summed E-state index contributed by atoms with van der Waals surface area (Å²) in [5.41, 5.74) is 4.73. The van der Waals surface area contributed by atoms with Gasteiger partial charge in [-0.15, -0.1) is 11.3 Å². The van der Waals surface area contributed by atoms with Gasteiger partial charge in [0.05, 0.1) is 6.04 Å². The van der Waals surface area contributed by atoms with E-state index in [9.17, 15) is 9.59 Å². The maximum atomic E-state index is 12.3. The van der Waals surface area contributed by atoms with Gasteiger partial charge in [-0.3, -0.25) is 4.79 Å². The normalized spacial score (nSPS) is 14.8. The topological polar surface area (TPSA) is 55.4 Å². The van der Waals surface area contributed by atoms with Gasteiger partial charge in [-0.25, -0.2) is 4.79 Å². The molecule has 0 aliphatic heterocycles. The Hall–Kier alpha value is -2.14. The zero-order valence-corrected chi connectivity index (χ0v) is 17.1. The fourth-order valence-corrected chi connectivity index (χ4v) is 4.52. The Morgan fingerprint density at radius 1 is 1.11 bits per heavy atom. The number of carbonyl (C=O) groups excluding carboxylic acids is 2. The van der Waals surface area contributed by atoms with Crippen LogP contribution in [0.25, 0.3) is 0 Å². The molecule has 27 heavy (non-hydrogen) atoms. The van der Waals surface area contributed by atoms with Crippen molar-refractivity contribution in [2.75, 3.05) is 6.61 Å². The third kappa shape index (κ3) is 4.98. The molecule has 1 amide bonds. The molecule has 3 rings (SSSR count). The second-order valence-electron chi connectivity index (χ2n) is 7.33. The molecule has 144 valence electrons. The van der Waals surface area contributed by atoms with E-state index in [1.807, 2.05) is 25.1 Å². The minimum atomic E-state index is -0.401. The maximum absolute atomic E-state index is 12.3. The molecular weight excluding hydrogens is 358 g/mol. The van der Waals surface area contributed by atoms with Gasteiger partial charge >= 0.3 is 5.97 Å². The van der Waals surface area contributed by atoms with Crippen LogP contribution in [0.1, 0.15) is 69.0 Å². The number of ether oxygens (including phenoxy) is 1. The van der Waals surface area contributed by atoms with Crippen molar-refractivity contribution in [1.82, 2.24) is 5.32 Å². The molecule has 4 nitrogen and oxygen atoms in total. The molecular formula is C22H27NO3S. The van der Waals surface area contributed by atoms with Crippen LogP contribution < -0.4 is 5.32 Å². The van der Waals surface area contributed by atoms with Crippen molar-refractivity contribution in [3.63, 3.8) is 0 Å². The number of carbonyl (C=O) groups is 2. The van der Waals surface area contributed by atoms with Crippen molar-refractivity contribution >= 4 is 23.2 Å². The lowest BCUT2D eigenvalue weighted by atomic mass is 10.0. The van der Waals surface area contributed by atoms with E-state index in [0.717, 1.165) is 18.4 Å². The molecule has 5 heteroatoms. The summed E-state index contributed by atoms with van der Waals surface area (Å²) in [5.74, 6) is -0.686. The minimum absolute atomic E-state index is 0.131. The van der Waals surface area contributed by atoms with Crippen LogP contribution in [-0.4, -0.2) is 18.5 Å². The quantitative estimate of drug-likeness (QED) is 0.601. The molecule has 1 heterocycles.